The summed E-state index contributed by atoms with van der Waals surface area (Å²) in [5, 5.41) is 2.97. The second-order valence-electron chi connectivity index (χ2n) is 5.33. The van der Waals surface area contributed by atoms with Gasteiger partial charge in [0.2, 0.25) is 5.91 Å². The number of rotatable bonds is 7. The topological polar surface area (TPSA) is 38.3 Å². The van der Waals surface area contributed by atoms with E-state index in [0.29, 0.717) is 19.6 Å². The van der Waals surface area contributed by atoms with Crippen molar-refractivity contribution >= 4 is 5.91 Å². The van der Waals surface area contributed by atoms with Gasteiger partial charge in [-0.3, -0.25) is 4.79 Å². The predicted molar refractivity (Wildman–Crippen MR) is 88.5 cm³/mol. The highest BCUT2D eigenvalue weighted by Crippen LogP contribution is 2.08. The third kappa shape index (κ3) is 5.01. The van der Waals surface area contributed by atoms with Crippen molar-refractivity contribution < 1.29 is 9.53 Å². The van der Waals surface area contributed by atoms with Gasteiger partial charge in [0.15, 0.2) is 0 Å². The maximum absolute atomic E-state index is 12.0. The number of nitrogens with one attached hydrogen (secondary N) is 1. The molecule has 0 aliphatic heterocycles. The molecule has 1 N–H and O–H groups in total. The average molecular weight is 297 g/mol. The minimum Gasteiger partial charge on any atom is -0.377 e. The number of benzene rings is 2. The molecule has 3 nitrogen and oxygen atoms in total. The molecular formula is C19H23NO2. The van der Waals surface area contributed by atoms with E-state index in [9.17, 15) is 4.79 Å². The fourth-order valence-corrected chi connectivity index (χ4v) is 2.22. The fraction of sp³-hybridized carbons (Fsp3) is 0.316. The zero-order valence-electron chi connectivity index (χ0n) is 13.3. The van der Waals surface area contributed by atoms with Crippen LogP contribution in [0.2, 0.25) is 0 Å². The second kappa shape index (κ2) is 8.35. The Labute approximate surface area is 132 Å². The van der Waals surface area contributed by atoms with E-state index in [1.54, 1.807) is 0 Å². The van der Waals surface area contributed by atoms with E-state index in [1.165, 1.54) is 0 Å². The van der Waals surface area contributed by atoms with Crippen LogP contribution in [0.1, 0.15) is 29.2 Å². The molecule has 0 aromatic heterocycles. The van der Waals surface area contributed by atoms with Crippen molar-refractivity contribution in [3.8, 4) is 0 Å². The first-order valence-corrected chi connectivity index (χ1v) is 7.66. The van der Waals surface area contributed by atoms with Crippen LogP contribution in [0, 0.1) is 6.92 Å². The Kier molecular flexibility index (Phi) is 6.16. The van der Waals surface area contributed by atoms with Crippen LogP contribution < -0.4 is 5.32 Å². The van der Waals surface area contributed by atoms with Crippen molar-refractivity contribution in [2.45, 2.75) is 33.4 Å². The van der Waals surface area contributed by atoms with E-state index < -0.39 is 0 Å². The lowest BCUT2D eigenvalue weighted by Gasteiger charge is -2.08. The smallest absolute Gasteiger partial charge is 0.224 e. The molecule has 0 atom stereocenters. The van der Waals surface area contributed by atoms with Crippen LogP contribution in [0.25, 0.3) is 0 Å². The molecule has 0 radical (unpaired) electrons. The molecule has 2 rings (SSSR count). The van der Waals surface area contributed by atoms with Gasteiger partial charge in [-0.1, -0.05) is 48.5 Å². The Morgan fingerprint density at radius 2 is 1.73 bits per heavy atom. The minimum absolute atomic E-state index is 0.0488. The number of carbonyl (C=O) groups excluding carboxylic acids is 1. The number of ether oxygens (including phenoxy) is 1. The van der Waals surface area contributed by atoms with E-state index in [-0.39, 0.29) is 5.91 Å². The van der Waals surface area contributed by atoms with Gasteiger partial charge in [0.1, 0.15) is 0 Å². The molecular weight excluding hydrogens is 274 g/mol. The van der Waals surface area contributed by atoms with E-state index >= 15 is 0 Å². The fourth-order valence-electron chi connectivity index (χ4n) is 2.22. The van der Waals surface area contributed by atoms with E-state index in [2.05, 4.69) is 5.32 Å². The zero-order chi connectivity index (χ0) is 15.8. The largest absolute Gasteiger partial charge is 0.377 e. The molecule has 0 fully saturated rings. The number of aryl methyl sites for hydroxylation is 1. The molecule has 0 bridgehead atoms. The van der Waals surface area contributed by atoms with Crippen molar-refractivity contribution in [1.82, 2.24) is 5.32 Å². The molecule has 2 aromatic carbocycles. The summed E-state index contributed by atoms with van der Waals surface area (Å²) in [6, 6.07) is 16.1. The Morgan fingerprint density at radius 1 is 1.05 bits per heavy atom. The van der Waals surface area contributed by atoms with Crippen LogP contribution in [-0.4, -0.2) is 12.5 Å². The van der Waals surface area contributed by atoms with Crippen molar-refractivity contribution in [3.05, 3.63) is 70.8 Å². The molecule has 116 valence electrons. The van der Waals surface area contributed by atoms with Gasteiger partial charge in [-0.2, -0.15) is 0 Å². The molecule has 3 heteroatoms. The Bertz CT molecular complexity index is 605. The lowest BCUT2D eigenvalue weighted by Crippen LogP contribution is -2.24. The summed E-state index contributed by atoms with van der Waals surface area (Å²) in [5.41, 5.74) is 4.47. The molecule has 0 aliphatic rings. The highest BCUT2D eigenvalue weighted by molar-refractivity contribution is 5.78. The Hall–Kier alpha value is -2.13. The monoisotopic (exact) mass is 297 g/mol. The lowest BCUT2D eigenvalue weighted by molar-refractivity contribution is -0.120. The highest BCUT2D eigenvalue weighted by Gasteiger charge is 2.05. The maximum Gasteiger partial charge on any atom is 0.224 e. The summed E-state index contributed by atoms with van der Waals surface area (Å²) in [5.74, 6) is 0.0488. The number of hydrogen-bond acceptors (Lipinski definition) is 2. The average Bonchev–Trinajstić information content (AvgIpc) is 2.54. The maximum atomic E-state index is 12.0. The van der Waals surface area contributed by atoms with Gasteiger partial charge in [0.25, 0.3) is 0 Å². The van der Waals surface area contributed by atoms with Crippen LogP contribution in [-0.2, 0) is 29.1 Å². The summed E-state index contributed by atoms with van der Waals surface area (Å²) in [6.07, 6.45) is 0.426. The van der Waals surface area contributed by atoms with Crippen molar-refractivity contribution in [2.24, 2.45) is 0 Å². The third-order valence-electron chi connectivity index (χ3n) is 3.60. The number of amides is 1. The standard InChI is InChI=1S/C19H23NO2/c1-3-22-14-17-10-8-16(9-11-17)13-20-19(21)12-18-7-5-4-6-15(18)2/h4-11H,3,12-14H2,1-2H3,(H,20,21). The normalized spacial score (nSPS) is 10.5. The summed E-state index contributed by atoms with van der Waals surface area (Å²) >= 11 is 0. The van der Waals surface area contributed by atoms with Crippen LogP contribution >= 0.6 is 0 Å². The van der Waals surface area contributed by atoms with Gasteiger partial charge in [0.05, 0.1) is 13.0 Å². The van der Waals surface area contributed by atoms with Crippen LogP contribution in [0.3, 0.4) is 0 Å². The number of hydrogen-bond donors (Lipinski definition) is 1. The SMILES string of the molecule is CCOCc1ccc(CNC(=O)Cc2ccccc2C)cc1. The molecule has 2 aromatic rings. The number of carbonyl (C=O) groups is 1. The summed E-state index contributed by atoms with van der Waals surface area (Å²) in [4.78, 5) is 12.0. The van der Waals surface area contributed by atoms with Crippen molar-refractivity contribution in [2.75, 3.05) is 6.61 Å². The molecule has 0 saturated carbocycles. The van der Waals surface area contributed by atoms with Crippen LogP contribution in [0.5, 0.6) is 0 Å². The Morgan fingerprint density at radius 3 is 2.41 bits per heavy atom. The van der Waals surface area contributed by atoms with Gasteiger partial charge >= 0.3 is 0 Å². The van der Waals surface area contributed by atoms with Crippen molar-refractivity contribution in [1.29, 1.82) is 0 Å². The zero-order valence-corrected chi connectivity index (χ0v) is 13.3. The second-order valence-corrected chi connectivity index (χ2v) is 5.33. The summed E-state index contributed by atoms with van der Waals surface area (Å²) in [6.45, 7) is 5.92. The van der Waals surface area contributed by atoms with E-state index in [1.807, 2.05) is 62.4 Å². The lowest BCUT2D eigenvalue weighted by atomic mass is 10.1. The first kappa shape index (κ1) is 16.2. The molecule has 0 spiro atoms. The van der Waals surface area contributed by atoms with Crippen LogP contribution in [0.15, 0.2) is 48.5 Å². The predicted octanol–water partition coefficient (Wildman–Crippen LogP) is 3.39. The van der Waals surface area contributed by atoms with Crippen molar-refractivity contribution in [3.63, 3.8) is 0 Å². The Balaban J connectivity index is 1.82. The van der Waals surface area contributed by atoms with E-state index in [4.69, 9.17) is 4.74 Å². The van der Waals surface area contributed by atoms with Crippen LogP contribution in [0.4, 0.5) is 0 Å². The molecule has 0 unspecified atom stereocenters. The third-order valence-corrected chi connectivity index (χ3v) is 3.60. The molecule has 22 heavy (non-hydrogen) atoms. The van der Waals surface area contributed by atoms with E-state index in [0.717, 1.165) is 28.9 Å². The first-order valence-electron chi connectivity index (χ1n) is 7.66. The van der Waals surface area contributed by atoms with Gasteiger partial charge in [-0.05, 0) is 36.1 Å². The van der Waals surface area contributed by atoms with Gasteiger partial charge in [-0.15, -0.1) is 0 Å². The quantitative estimate of drug-likeness (QED) is 0.850. The molecule has 0 saturated heterocycles. The van der Waals surface area contributed by atoms with Gasteiger partial charge in [-0.25, -0.2) is 0 Å². The molecule has 0 heterocycles. The highest BCUT2D eigenvalue weighted by atomic mass is 16.5. The summed E-state index contributed by atoms with van der Waals surface area (Å²) < 4.78 is 5.37. The van der Waals surface area contributed by atoms with Gasteiger partial charge in [0, 0.05) is 13.2 Å². The minimum atomic E-state index is 0.0488. The van der Waals surface area contributed by atoms with Gasteiger partial charge < -0.3 is 10.1 Å². The molecule has 0 aliphatic carbocycles. The molecule has 1 amide bonds. The first-order chi connectivity index (χ1) is 10.7. The summed E-state index contributed by atoms with van der Waals surface area (Å²) in [7, 11) is 0.